The van der Waals surface area contributed by atoms with Crippen LogP contribution in [0.25, 0.3) is 0 Å². The van der Waals surface area contributed by atoms with Gasteiger partial charge in [0, 0.05) is 23.7 Å². The van der Waals surface area contributed by atoms with E-state index in [1.807, 2.05) is 12.1 Å². The Bertz CT molecular complexity index is 640. The molecule has 3 nitrogen and oxygen atoms in total. The Kier molecular flexibility index (Phi) is 7.51. The highest BCUT2D eigenvalue weighted by molar-refractivity contribution is 8.22. The van der Waals surface area contributed by atoms with Crippen LogP contribution in [0.5, 0.6) is 0 Å². The Morgan fingerprint density at radius 2 is 2.08 bits per heavy atom. The molecule has 2 aliphatic rings. The minimum absolute atomic E-state index is 0.0795. The lowest BCUT2D eigenvalue weighted by molar-refractivity contribution is -0.157. The van der Waals surface area contributed by atoms with Gasteiger partial charge in [-0.2, -0.15) is 0 Å². The molecular weight excluding hydrogens is 409 g/mol. The van der Waals surface area contributed by atoms with E-state index in [9.17, 15) is 0 Å². The molecule has 144 valence electrons. The Morgan fingerprint density at radius 1 is 1.31 bits per heavy atom. The van der Waals surface area contributed by atoms with Crippen molar-refractivity contribution in [3.05, 3.63) is 33.8 Å². The molecule has 2 fully saturated rings. The zero-order chi connectivity index (χ0) is 18.6. The van der Waals surface area contributed by atoms with E-state index in [0.717, 1.165) is 35.8 Å². The van der Waals surface area contributed by atoms with Gasteiger partial charge in [-0.05, 0) is 37.8 Å². The molecule has 0 saturated carbocycles. The maximum Gasteiger partial charge on any atom is 0.206 e. The van der Waals surface area contributed by atoms with Gasteiger partial charge in [0.2, 0.25) is 5.79 Å². The Balaban J connectivity index is 1.76. The molecule has 1 aromatic rings. The van der Waals surface area contributed by atoms with E-state index in [-0.39, 0.29) is 6.10 Å². The van der Waals surface area contributed by atoms with Crippen molar-refractivity contribution in [3.63, 3.8) is 0 Å². The molecule has 1 aromatic carbocycles. The fourth-order valence-corrected chi connectivity index (χ4v) is 5.34. The van der Waals surface area contributed by atoms with Crippen LogP contribution in [0.3, 0.4) is 0 Å². The molecule has 26 heavy (non-hydrogen) atoms. The number of hydrogen-bond acceptors (Lipinski definition) is 4. The van der Waals surface area contributed by atoms with Crippen LogP contribution in [-0.2, 0) is 15.3 Å². The van der Waals surface area contributed by atoms with E-state index in [1.54, 1.807) is 17.8 Å². The van der Waals surface area contributed by atoms with Crippen LogP contribution in [0.2, 0.25) is 10.0 Å². The fourth-order valence-electron chi connectivity index (χ4n) is 3.45. The highest BCUT2D eigenvalue weighted by atomic mass is 35.5. The third-order valence-corrected chi connectivity index (χ3v) is 7.00. The summed E-state index contributed by atoms with van der Waals surface area (Å²) in [5.41, 5.74) is 0.830. The summed E-state index contributed by atoms with van der Waals surface area (Å²) in [5.74, 6) is -0.282. The molecule has 7 heteroatoms. The van der Waals surface area contributed by atoms with Crippen LogP contribution in [0.4, 0.5) is 0 Å². The average Bonchev–Trinajstić information content (AvgIpc) is 3.05. The third kappa shape index (κ3) is 4.86. The SMILES string of the molecule is CCC[C@H]1CO[C@@](CSC(=S)N2CCCCC2)(c2ccc(Cl)cc2Cl)O1. The molecule has 0 bridgehead atoms. The summed E-state index contributed by atoms with van der Waals surface area (Å²) in [6, 6.07) is 5.48. The number of nitrogens with zero attached hydrogens (tertiary/aromatic N) is 1. The van der Waals surface area contributed by atoms with Crippen LogP contribution >= 0.6 is 47.2 Å². The normalized spacial score (nSPS) is 26.3. The van der Waals surface area contributed by atoms with Crippen LogP contribution in [0, 0.1) is 0 Å². The molecule has 0 amide bonds. The number of thioether (sulfide) groups is 1. The number of benzene rings is 1. The highest BCUT2D eigenvalue weighted by Crippen LogP contribution is 2.42. The maximum absolute atomic E-state index is 6.49. The number of ether oxygens (including phenoxy) is 2. The molecular formula is C19H25Cl2NO2S2. The lowest BCUT2D eigenvalue weighted by Gasteiger charge is -2.32. The summed E-state index contributed by atoms with van der Waals surface area (Å²) in [6.45, 7) is 4.81. The Morgan fingerprint density at radius 3 is 2.77 bits per heavy atom. The van der Waals surface area contributed by atoms with Gasteiger partial charge in [-0.1, -0.05) is 66.6 Å². The molecule has 0 radical (unpaired) electrons. The monoisotopic (exact) mass is 433 g/mol. The summed E-state index contributed by atoms with van der Waals surface area (Å²) in [4.78, 5) is 2.29. The molecule has 0 N–H and O–H groups in total. The second kappa shape index (κ2) is 9.44. The first-order valence-electron chi connectivity index (χ1n) is 9.23. The lowest BCUT2D eigenvalue weighted by atomic mass is 10.1. The van der Waals surface area contributed by atoms with Gasteiger partial charge >= 0.3 is 0 Å². The minimum atomic E-state index is -0.869. The molecule has 0 aromatic heterocycles. The minimum Gasteiger partial charge on any atom is -0.358 e. The summed E-state index contributed by atoms with van der Waals surface area (Å²) >= 11 is 19.9. The van der Waals surface area contributed by atoms with Gasteiger partial charge in [0.05, 0.1) is 23.5 Å². The second-order valence-electron chi connectivity index (χ2n) is 6.82. The van der Waals surface area contributed by atoms with Gasteiger partial charge < -0.3 is 14.4 Å². The van der Waals surface area contributed by atoms with Crippen molar-refractivity contribution in [2.75, 3.05) is 25.4 Å². The first-order valence-corrected chi connectivity index (χ1v) is 11.4. The van der Waals surface area contributed by atoms with E-state index in [2.05, 4.69) is 11.8 Å². The quantitative estimate of drug-likeness (QED) is 0.540. The second-order valence-corrected chi connectivity index (χ2v) is 9.27. The van der Waals surface area contributed by atoms with Gasteiger partial charge in [0.15, 0.2) is 0 Å². The summed E-state index contributed by atoms with van der Waals surface area (Å²) in [6.07, 6.45) is 5.81. The zero-order valence-electron chi connectivity index (χ0n) is 15.0. The third-order valence-electron chi connectivity index (χ3n) is 4.81. The van der Waals surface area contributed by atoms with Crippen molar-refractivity contribution in [1.29, 1.82) is 0 Å². The van der Waals surface area contributed by atoms with Gasteiger partial charge in [-0.3, -0.25) is 0 Å². The van der Waals surface area contributed by atoms with Crippen LogP contribution in [-0.4, -0.2) is 40.8 Å². The topological polar surface area (TPSA) is 21.7 Å². The number of rotatable bonds is 5. The maximum atomic E-state index is 6.49. The zero-order valence-corrected chi connectivity index (χ0v) is 18.2. The molecule has 0 aliphatic carbocycles. The van der Waals surface area contributed by atoms with Crippen molar-refractivity contribution < 1.29 is 9.47 Å². The molecule has 2 saturated heterocycles. The summed E-state index contributed by atoms with van der Waals surface area (Å²) in [7, 11) is 0. The molecule has 2 aliphatic heterocycles. The standard InChI is InChI=1S/C19H25Cl2NO2S2/c1-2-6-15-12-23-19(24-15,16-8-7-14(20)11-17(16)21)13-26-18(25)22-9-4-3-5-10-22/h7-8,11,15H,2-6,9-10,12-13H2,1H3/t15-,19+/m0/s1. The Labute approximate surface area is 175 Å². The predicted octanol–water partition coefficient (Wildman–Crippen LogP) is 5.87. The number of likely N-dealkylation sites (tertiary alicyclic amines) is 1. The summed E-state index contributed by atoms with van der Waals surface area (Å²) < 4.78 is 13.5. The van der Waals surface area contributed by atoms with Crippen molar-refractivity contribution in [3.8, 4) is 0 Å². The molecule has 3 rings (SSSR count). The molecule has 2 heterocycles. The van der Waals surface area contributed by atoms with Crippen LogP contribution in [0.1, 0.15) is 44.6 Å². The lowest BCUT2D eigenvalue weighted by Crippen LogP contribution is -2.36. The number of thiocarbonyl (C=S) groups is 1. The highest BCUT2D eigenvalue weighted by Gasteiger charge is 2.44. The number of halogens is 2. The molecule has 2 atom stereocenters. The van der Waals surface area contributed by atoms with Gasteiger partial charge in [-0.15, -0.1) is 0 Å². The van der Waals surface area contributed by atoms with E-state index in [0.29, 0.717) is 22.4 Å². The largest absolute Gasteiger partial charge is 0.358 e. The van der Waals surface area contributed by atoms with E-state index >= 15 is 0 Å². The van der Waals surface area contributed by atoms with Crippen LogP contribution < -0.4 is 0 Å². The molecule has 0 unspecified atom stereocenters. The van der Waals surface area contributed by atoms with Crippen molar-refractivity contribution >= 4 is 51.5 Å². The van der Waals surface area contributed by atoms with E-state index in [1.165, 1.54) is 19.3 Å². The predicted molar refractivity (Wildman–Crippen MR) is 114 cm³/mol. The number of piperidine rings is 1. The first kappa shape index (κ1) is 20.7. The van der Waals surface area contributed by atoms with Crippen LogP contribution in [0.15, 0.2) is 18.2 Å². The van der Waals surface area contributed by atoms with Gasteiger partial charge in [0.25, 0.3) is 0 Å². The number of hydrogen-bond donors (Lipinski definition) is 0. The molecule has 0 spiro atoms. The van der Waals surface area contributed by atoms with Gasteiger partial charge in [-0.25, -0.2) is 0 Å². The first-order chi connectivity index (χ1) is 12.5. The van der Waals surface area contributed by atoms with Crippen molar-refractivity contribution in [2.24, 2.45) is 0 Å². The average molecular weight is 434 g/mol. The fraction of sp³-hybridized carbons (Fsp3) is 0.632. The summed E-state index contributed by atoms with van der Waals surface area (Å²) in [5, 5.41) is 1.17. The van der Waals surface area contributed by atoms with E-state index in [4.69, 9.17) is 44.9 Å². The Hall–Kier alpha value is -0.0400. The van der Waals surface area contributed by atoms with Crippen molar-refractivity contribution in [2.45, 2.75) is 50.9 Å². The van der Waals surface area contributed by atoms with Crippen molar-refractivity contribution in [1.82, 2.24) is 4.90 Å². The van der Waals surface area contributed by atoms with Gasteiger partial charge in [0.1, 0.15) is 4.32 Å². The van der Waals surface area contributed by atoms with E-state index < -0.39 is 5.79 Å². The smallest absolute Gasteiger partial charge is 0.206 e.